The molecule has 0 spiro atoms. The van der Waals surface area contributed by atoms with Crippen molar-refractivity contribution in [3.05, 3.63) is 184 Å². The second-order valence-electron chi connectivity index (χ2n) is 32.2. The van der Waals surface area contributed by atoms with Gasteiger partial charge in [-0.3, -0.25) is 33.9 Å². The van der Waals surface area contributed by atoms with Gasteiger partial charge in [0.1, 0.15) is 64.8 Å². The predicted molar refractivity (Wildman–Crippen MR) is 457 cm³/mol. The van der Waals surface area contributed by atoms with Gasteiger partial charge in [-0.1, -0.05) is 72.8 Å². The maximum Gasteiger partial charge on any atom is 0.494 e. The van der Waals surface area contributed by atoms with Crippen molar-refractivity contribution in [2.75, 3.05) is 60.5 Å². The minimum absolute atomic E-state index is 0.0320. The van der Waals surface area contributed by atoms with Crippen LogP contribution in [-0.2, 0) is 52.3 Å². The van der Waals surface area contributed by atoms with Gasteiger partial charge in [0.2, 0.25) is 23.6 Å². The number of hydrogen-bond acceptors (Lipinski definition) is 17. The Kier molecular flexibility index (Phi) is 27.2. The molecule has 0 radical (unpaired) electrons. The van der Waals surface area contributed by atoms with Gasteiger partial charge >= 0.3 is 25.4 Å². The molecule has 7 fully saturated rings. The number of nitrogens with one attached hydrogen (secondary N) is 4. The fraction of sp³-hybridized carbons (Fsp3) is 0.393. The molecule has 7 aliphatic heterocycles. The lowest BCUT2D eigenvalue weighted by Gasteiger charge is -2.32. The van der Waals surface area contributed by atoms with Gasteiger partial charge in [0, 0.05) is 74.9 Å². The molecule has 7 aliphatic rings. The number of likely N-dealkylation sites (tertiary alicyclic amines) is 3. The first-order valence-electron chi connectivity index (χ1n) is 40.6. The van der Waals surface area contributed by atoms with E-state index < -0.39 is 36.0 Å². The van der Waals surface area contributed by atoms with Gasteiger partial charge in [0.15, 0.2) is 0 Å². The summed E-state index contributed by atoms with van der Waals surface area (Å²) in [6.07, 6.45) is 9.82. The van der Waals surface area contributed by atoms with Crippen molar-refractivity contribution in [2.45, 2.75) is 181 Å². The number of imidazole rings is 3. The van der Waals surface area contributed by atoms with Crippen LogP contribution in [0.5, 0.6) is 0 Å². The summed E-state index contributed by atoms with van der Waals surface area (Å²) in [7, 11) is -0.362. The van der Waals surface area contributed by atoms with E-state index in [1.807, 2.05) is 104 Å². The summed E-state index contributed by atoms with van der Waals surface area (Å²) in [5.74, 6) is 1.24. The zero-order valence-electron chi connectivity index (χ0n) is 69.2. The Balaban J connectivity index is 0.000000143. The third kappa shape index (κ3) is 20.6. The van der Waals surface area contributed by atoms with E-state index in [2.05, 4.69) is 75.0 Å². The second kappa shape index (κ2) is 37.6. The summed E-state index contributed by atoms with van der Waals surface area (Å²) in [5.41, 5.74) is 9.32. The number of carbonyl (C=O) groups excluding carboxylic acids is 9. The number of benzene rings is 6. The minimum atomic E-state index is -0.534. The van der Waals surface area contributed by atoms with Gasteiger partial charge < -0.3 is 68.1 Å². The highest BCUT2D eigenvalue weighted by Gasteiger charge is 2.52. The van der Waals surface area contributed by atoms with Crippen molar-refractivity contribution >= 4 is 106 Å². The topological polar surface area (TPSA) is 317 Å². The Morgan fingerprint density at radius 1 is 0.463 bits per heavy atom. The summed E-state index contributed by atoms with van der Waals surface area (Å²) in [6.45, 7) is 20.8. The molecule has 6 atom stereocenters. The van der Waals surface area contributed by atoms with Crippen molar-refractivity contribution in [1.29, 1.82) is 0 Å². The number of H-pyrrole nitrogens is 3. The first-order chi connectivity index (χ1) is 57.7. The van der Waals surface area contributed by atoms with Crippen LogP contribution in [0.15, 0.2) is 146 Å². The van der Waals surface area contributed by atoms with Crippen LogP contribution in [0.2, 0.25) is 0 Å². The van der Waals surface area contributed by atoms with Crippen molar-refractivity contribution in [3.8, 4) is 56.0 Å². The number of aromatic amines is 3. The van der Waals surface area contributed by atoms with E-state index in [0.29, 0.717) is 75.1 Å². The maximum atomic E-state index is 15.1. The zero-order chi connectivity index (χ0) is 86.3. The molecule has 0 aliphatic carbocycles. The molecule has 16 rings (SSSR count). The van der Waals surface area contributed by atoms with Gasteiger partial charge in [-0.2, -0.15) is 0 Å². The van der Waals surface area contributed by atoms with Crippen LogP contribution in [0, 0.1) is 21.0 Å². The predicted octanol–water partition coefficient (Wildman–Crippen LogP) is 15.5. The smallest absolute Gasteiger partial charge is 0.444 e. The van der Waals surface area contributed by atoms with Crippen molar-refractivity contribution in [2.24, 2.45) is 0 Å². The number of carbonyl (C=O) groups is 9. The summed E-state index contributed by atoms with van der Waals surface area (Å²) in [6, 6.07) is 37.0. The third-order valence-corrected chi connectivity index (χ3v) is 23.9. The molecule has 7 amide bonds. The van der Waals surface area contributed by atoms with Crippen LogP contribution in [0.25, 0.3) is 56.0 Å². The van der Waals surface area contributed by atoms with Gasteiger partial charge in [-0.15, -0.1) is 0 Å². The molecular weight excluding hydrogens is 1670 g/mol. The van der Waals surface area contributed by atoms with Crippen LogP contribution >= 0.6 is 22.6 Å². The van der Waals surface area contributed by atoms with Crippen molar-refractivity contribution < 1.29 is 79.8 Å². The lowest BCUT2D eigenvalue weighted by atomic mass is 9.79. The van der Waals surface area contributed by atoms with Crippen LogP contribution < -0.4 is 25.5 Å². The van der Waals surface area contributed by atoms with E-state index in [-0.39, 0.29) is 109 Å². The molecule has 9 aromatic rings. The van der Waals surface area contributed by atoms with Crippen LogP contribution in [-0.4, -0.2) is 181 Å². The highest BCUT2D eigenvalue weighted by atomic mass is 127. The molecule has 10 heterocycles. The number of halogens is 4. The van der Waals surface area contributed by atoms with E-state index in [9.17, 15) is 47.5 Å². The monoisotopic (exact) mass is 1770 g/mol. The minimum Gasteiger partial charge on any atom is -0.444 e. The Morgan fingerprint density at radius 3 is 1.13 bits per heavy atom. The van der Waals surface area contributed by atoms with E-state index in [1.165, 1.54) is 53.7 Å². The Hall–Kier alpha value is -11.5. The normalized spacial score (nSPS) is 20.1. The molecule has 4 N–H and O–H groups in total. The molecule has 27 nitrogen and oxygen atoms in total. The highest BCUT2D eigenvalue weighted by Crippen LogP contribution is 2.40. The van der Waals surface area contributed by atoms with Crippen LogP contribution in [0.3, 0.4) is 0 Å². The molecule has 121 heavy (non-hydrogen) atoms. The summed E-state index contributed by atoms with van der Waals surface area (Å²) < 4.78 is 72.1. The van der Waals surface area contributed by atoms with Gasteiger partial charge in [-0.05, 0) is 203 Å². The largest absolute Gasteiger partial charge is 0.494 e. The Bertz CT molecular complexity index is 5110. The number of amides is 7. The summed E-state index contributed by atoms with van der Waals surface area (Å²) in [4.78, 5) is 138. The first-order valence-corrected chi connectivity index (χ1v) is 41.7. The average molecular weight is 1770 g/mol. The molecule has 0 saturated carbocycles. The molecule has 7 saturated heterocycles. The van der Waals surface area contributed by atoms with E-state index in [0.717, 1.165) is 115 Å². The highest BCUT2D eigenvalue weighted by molar-refractivity contribution is 14.1. The SMILES string of the molecule is CC(=O)CC[C@H]1CN(c2ccc(-c3ccc(-c4cnc([C@@H]5CCCN5C(C)=O)[nH]4)cc3)c(F)c2)C(=O)O1.CC(=O)CC[C@H]1CN(c2ccc(-c3ccc(-c4cnc([C@@H]5CCCN5C(C)=O)[nH]4)cc3)c(F)c2)C(=O)O1.CC(=O)N1CCC[C@H]1c1ncc(-c2ccc(B3OC(C)(C)C(C)(C)O3)cc2)[nH]1.CC(=O)NC[C@H]1CN(c2ccc(I)c(F)c2)C(=O)O1. The molecule has 6 aromatic carbocycles. The van der Waals surface area contributed by atoms with Crippen LogP contribution in [0.4, 0.5) is 44.6 Å². The standard InChI is InChI=1S/2C28H29FN4O4.C21H28BN3O3.C12H12FIN2O3/c2*1-17(34)5-11-22-16-33(28(36)37-22)21-10-12-23(24(29)14-21)19-6-8-20(9-7-19)25-15-30-27(31-25)26-4-3-13-32(26)18(2)35;1-14(26)25-12-6-7-18(25)19-23-13-17(24-19)15-8-10-16(11-9-15)22-27-20(2,3)21(4,5)28-22;1-7(17)15-5-9-6-16(12(18)19-9)8-2-3-11(14)10(13)4-8/h2*6-10,12,14-15,22,26H,3-5,11,13,16H2,1-2H3,(H,30,31);8-11,13,18H,6-7,12H2,1-5H3,(H,23,24);2-4,9H,5-6H2,1H3,(H,15,17)/t2*22-,26-;18-;9-/m0000/s1. The lowest BCUT2D eigenvalue weighted by molar-refractivity contribution is -0.130. The molecular formula is C89H98BF3IN13O14. The second-order valence-corrected chi connectivity index (χ2v) is 33.4. The third-order valence-electron chi connectivity index (χ3n) is 23.0. The molecule has 0 bridgehead atoms. The van der Waals surface area contributed by atoms with E-state index in [1.54, 1.807) is 69.6 Å². The van der Waals surface area contributed by atoms with Gasteiger partial charge in [0.25, 0.3) is 0 Å². The summed E-state index contributed by atoms with van der Waals surface area (Å²) >= 11 is 1.88. The number of anilines is 3. The number of aromatic nitrogens is 6. The number of ketones is 2. The molecule has 634 valence electrons. The van der Waals surface area contributed by atoms with Gasteiger partial charge in [0.05, 0.1) is 108 Å². The fourth-order valence-electron chi connectivity index (χ4n) is 15.8. The molecule has 3 aromatic heterocycles. The number of rotatable bonds is 20. The van der Waals surface area contributed by atoms with E-state index >= 15 is 8.78 Å². The number of ether oxygens (including phenoxy) is 3. The maximum absolute atomic E-state index is 15.1. The van der Waals surface area contributed by atoms with Crippen molar-refractivity contribution in [3.63, 3.8) is 0 Å². The lowest BCUT2D eigenvalue weighted by Crippen LogP contribution is -2.41. The first kappa shape index (κ1) is 87.3. The zero-order valence-corrected chi connectivity index (χ0v) is 71.3. The van der Waals surface area contributed by atoms with Gasteiger partial charge in [-0.25, -0.2) is 42.5 Å². The number of Topliss-reactive ketones (excluding diaryl/α,β-unsaturated/α-hetero) is 2. The quantitative estimate of drug-likeness (QED) is 0.0313. The Labute approximate surface area is 713 Å². The fourth-order valence-corrected chi connectivity index (χ4v) is 16.1. The number of hydrogen-bond donors (Lipinski definition) is 4. The van der Waals surface area contributed by atoms with Crippen molar-refractivity contribution in [1.82, 2.24) is 49.9 Å². The number of cyclic esters (lactones) is 3. The average Bonchev–Trinajstić information content (AvgIpc) is 1.62. The Morgan fingerprint density at radius 2 is 0.793 bits per heavy atom. The van der Waals surface area contributed by atoms with Crippen LogP contribution in [0.1, 0.15) is 169 Å². The molecule has 0 unspecified atom stereocenters. The molecule has 32 heteroatoms. The summed E-state index contributed by atoms with van der Waals surface area (Å²) in [5, 5.41) is 2.58. The van der Waals surface area contributed by atoms with E-state index in [4.69, 9.17) is 23.5 Å². The number of nitrogens with zero attached hydrogens (tertiary/aromatic N) is 9.